The Hall–Kier alpha value is -1.66. The van der Waals surface area contributed by atoms with Gasteiger partial charge in [0.25, 0.3) is 0 Å². The van der Waals surface area contributed by atoms with Crippen molar-refractivity contribution in [3.05, 3.63) is 25.3 Å². The van der Waals surface area contributed by atoms with Gasteiger partial charge in [-0.05, 0) is 6.92 Å². The Labute approximate surface area is 94.5 Å². The van der Waals surface area contributed by atoms with Crippen LogP contribution < -0.4 is 0 Å². The summed E-state index contributed by atoms with van der Waals surface area (Å²) in [7, 11) is 0. The lowest BCUT2D eigenvalue weighted by Crippen LogP contribution is -2.04. The summed E-state index contributed by atoms with van der Waals surface area (Å²) in [6, 6.07) is 0. The Bertz CT molecular complexity index is 199. The van der Waals surface area contributed by atoms with Gasteiger partial charge in [-0.3, -0.25) is 0 Å². The Morgan fingerprint density at radius 1 is 1.25 bits per heavy atom. The zero-order valence-corrected chi connectivity index (χ0v) is 9.26. The van der Waals surface area contributed by atoms with E-state index in [4.69, 9.17) is 15.3 Å². The Morgan fingerprint density at radius 3 is 1.81 bits per heavy atom. The van der Waals surface area contributed by atoms with Crippen LogP contribution >= 0.6 is 0 Å². The van der Waals surface area contributed by atoms with Crippen molar-refractivity contribution in [2.24, 2.45) is 0 Å². The van der Waals surface area contributed by atoms with Crippen LogP contribution in [0.2, 0.25) is 0 Å². The van der Waals surface area contributed by atoms with Gasteiger partial charge in [-0.2, -0.15) is 0 Å². The summed E-state index contributed by atoms with van der Waals surface area (Å²) in [5.41, 5.74) is 0. The van der Waals surface area contributed by atoms with E-state index >= 15 is 0 Å². The molecular weight excluding hydrogens is 216 g/mol. The molecule has 0 bridgehead atoms. The third-order valence-electron chi connectivity index (χ3n) is 0.677. The molecule has 0 aliphatic carbocycles. The molecule has 0 amide bonds. The first-order valence-corrected chi connectivity index (χ1v) is 4.36. The average Bonchev–Trinajstić information content (AvgIpc) is 2.27. The van der Waals surface area contributed by atoms with Crippen LogP contribution in [0.3, 0.4) is 0 Å². The smallest absolute Gasteiger partial charge is 0.330 e. The molecule has 16 heavy (non-hydrogen) atoms. The van der Waals surface area contributed by atoms with E-state index in [9.17, 15) is 9.59 Å². The predicted molar refractivity (Wildman–Crippen MR) is 58.8 cm³/mol. The van der Waals surface area contributed by atoms with Gasteiger partial charge in [0.05, 0.1) is 6.61 Å². The highest BCUT2D eigenvalue weighted by molar-refractivity contribution is 5.81. The van der Waals surface area contributed by atoms with Gasteiger partial charge >= 0.3 is 11.9 Å². The maximum Gasteiger partial charge on any atom is 0.330 e. The number of esters is 1. The van der Waals surface area contributed by atoms with Crippen molar-refractivity contribution >= 4 is 11.9 Å². The highest BCUT2D eigenvalue weighted by Gasteiger charge is 1.90. The van der Waals surface area contributed by atoms with Crippen molar-refractivity contribution in [3.8, 4) is 0 Å². The summed E-state index contributed by atoms with van der Waals surface area (Å²) >= 11 is 0. The van der Waals surface area contributed by atoms with Gasteiger partial charge in [-0.1, -0.05) is 13.2 Å². The van der Waals surface area contributed by atoms with Gasteiger partial charge in [0.2, 0.25) is 0 Å². The third-order valence-corrected chi connectivity index (χ3v) is 0.677. The lowest BCUT2D eigenvalue weighted by molar-refractivity contribution is -0.138. The number of aliphatic carboxylic acids is 1. The minimum Gasteiger partial charge on any atom is -0.478 e. The van der Waals surface area contributed by atoms with Crippen LogP contribution in [0.25, 0.3) is 0 Å². The quantitative estimate of drug-likeness (QED) is 0.466. The van der Waals surface area contributed by atoms with Gasteiger partial charge in [0.1, 0.15) is 6.61 Å². The molecule has 0 radical (unpaired) electrons. The topological polar surface area (TPSA) is 104 Å². The largest absolute Gasteiger partial charge is 0.478 e. The zero-order chi connectivity index (χ0) is 13.4. The molecule has 0 heterocycles. The number of carboxylic acid groups (broad SMARTS) is 1. The van der Waals surface area contributed by atoms with Crippen molar-refractivity contribution < 1.29 is 29.6 Å². The fourth-order valence-electron chi connectivity index (χ4n) is 0.205. The fourth-order valence-corrected chi connectivity index (χ4v) is 0.205. The number of aliphatic hydroxyl groups is 2. The second kappa shape index (κ2) is 19.0. The number of carbonyl (C=O) groups excluding carboxylic acids is 1. The van der Waals surface area contributed by atoms with E-state index in [1.807, 2.05) is 0 Å². The molecule has 94 valence electrons. The van der Waals surface area contributed by atoms with E-state index in [-0.39, 0.29) is 19.8 Å². The first kappa shape index (κ1) is 19.8. The maximum atomic E-state index is 10.1. The second-order valence-corrected chi connectivity index (χ2v) is 1.95. The molecule has 0 unspecified atom stereocenters. The van der Waals surface area contributed by atoms with E-state index in [0.29, 0.717) is 0 Å². The van der Waals surface area contributed by atoms with E-state index in [0.717, 1.165) is 12.2 Å². The number of hydrogen-bond acceptors (Lipinski definition) is 5. The summed E-state index contributed by atoms with van der Waals surface area (Å²) in [4.78, 5) is 19.4. The molecular formula is C10H18O6. The van der Waals surface area contributed by atoms with Gasteiger partial charge < -0.3 is 20.1 Å². The van der Waals surface area contributed by atoms with Gasteiger partial charge in [-0.15, -0.1) is 0 Å². The fraction of sp³-hybridized carbons (Fsp3) is 0.400. The molecule has 6 nitrogen and oxygen atoms in total. The first-order chi connectivity index (χ1) is 7.49. The Kier molecular flexibility index (Phi) is 23.6. The maximum absolute atomic E-state index is 10.1. The third kappa shape index (κ3) is 39.5. The van der Waals surface area contributed by atoms with E-state index in [2.05, 4.69) is 17.9 Å². The summed E-state index contributed by atoms with van der Waals surface area (Å²) in [5, 5.41) is 23.3. The van der Waals surface area contributed by atoms with Crippen LogP contribution in [0.5, 0.6) is 0 Å². The summed E-state index contributed by atoms with van der Waals surface area (Å²) in [6.07, 6.45) is 1.88. The van der Waals surface area contributed by atoms with Crippen molar-refractivity contribution in [1.29, 1.82) is 0 Å². The molecule has 0 aromatic carbocycles. The average molecular weight is 234 g/mol. The van der Waals surface area contributed by atoms with Crippen LogP contribution in [-0.2, 0) is 14.3 Å². The van der Waals surface area contributed by atoms with Gasteiger partial charge in [0, 0.05) is 18.8 Å². The molecule has 0 aromatic rings. The van der Waals surface area contributed by atoms with E-state index in [1.165, 1.54) is 0 Å². The highest BCUT2D eigenvalue weighted by atomic mass is 16.5. The first-order valence-electron chi connectivity index (χ1n) is 4.36. The van der Waals surface area contributed by atoms with Crippen molar-refractivity contribution in [3.63, 3.8) is 0 Å². The minimum absolute atomic E-state index is 0.0465. The van der Waals surface area contributed by atoms with Crippen LogP contribution in [0.1, 0.15) is 6.92 Å². The molecule has 3 N–H and O–H groups in total. The van der Waals surface area contributed by atoms with Crippen LogP contribution in [0, 0.1) is 0 Å². The van der Waals surface area contributed by atoms with Gasteiger partial charge in [-0.25, -0.2) is 9.59 Å². The lowest BCUT2D eigenvalue weighted by Gasteiger charge is -1.94. The Morgan fingerprint density at radius 2 is 1.62 bits per heavy atom. The molecule has 0 atom stereocenters. The van der Waals surface area contributed by atoms with Crippen LogP contribution in [0.4, 0.5) is 0 Å². The molecule has 0 aromatic heterocycles. The minimum atomic E-state index is -0.981. The highest BCUT2D eigenvalue weighted by Crippen LogP contribution is 1.75. The molecule has 0 saturated heterocycles. The molecule has 0 aliphatic heterocycles. The standard InChI is InChI=1S/C5H8O3.C3H4O2.C2H6O/c1-2-5(7)8-4-3-6;1-2-3(4)5;1-2-3/h2,6H,1,3-4H2;2H,1H2,(H,4,5);3H,2H2,1H3. The second-order valence-electron chi connectivity index (χ2n) is 1.95. The summed E-state index contributed by atoms with van der Waals surface area (Å²) < 4.78 is 4.33. The number of carbonyl (C=O) groups is 2. The van der Waals surface area contributed by atoms with Crippen molar-refractivity contribution in [2.45, 2.75) is 6.92 Å². The summed E-state index contributed by atoms with van der Waals surface area (Å²) in [5.74, 6) is -1.48. The predicted octanol–water partition coefficient (Wildman–Crippen LogP) is -0.0365. The van der Waals surface area contributed by atoms with E-state index in [1.54, 1.807) is 6.92 Å². The SMILES string of the molecule is C=CC(=O)O.C=CC(=O)OCCO.CCO. The number of hydrogen-bond donors (Lipinski definition) is 3. The molecule has 0 saturated carbocycles. The van der Waals surface area contributed by atoms with Crippen molar-refractivity contribution in [1.82, 2.24) is 0 Å². The summed E-state index contributed by atoms with van der Waals surface area (Å²) in [6.45, 7) is 7.96. The molecule has 0 spiro atoms. The monoisotopic (exact) mass is 234 g/mol. The zero-order valence-electron chi connectivity index (χ0n) is 9.26. The normalized spacial score (nSPS) is 7.19. The van der Waals surface area contributed by atoms with Gasteiger partial charge in [0.15, 0.2) is 0 Å². The molecule has 0 rings (SSSR count). The van der Waals surface area contributed by atoms with E-state index < -0.39 is 11.9 Å². The number of ether oxygens (including phenoxy) is 1. The number of carboxylic acids is 1. The molecule has 0 aliphatic rings. The van der Waals surface area contributed by atoms with Crippen LogP contribution in [0.15, 0.2) is 25.3 Å². The Balaban J connectivity index is -0.000000181. The van der Waals surface area contributed by atoms with Crippen LogP contribution in [-0.4, -0.2) is 47.1 Å². The lowest BCUT2D eigenvalue weighted by atomic mass is 10.6. The molecule has 0 fully saturated rings. The number of rotatable bonds is 4. The van der Waals surface area contributed by atoms with Crippen molar-refractivity contribution in [2.75, 3.05) is 19.8 Å². The molecule has 6 heteroatoms. The number of aliphatic hydroxyl groups excluding tert-OH is 2.